The Morgan fingerprint density at radius 2 is 1.84 bits per heavy atom. The van der Waals surface area contributed by atoms with E-state index >= 15 is 0 Å². The molecule has 0 radical (unpaired) electrons. The van der Waals surface area contributed by atoms with Crippen molar-refractivity contribution in [2.24, 2.45) is 0 Å². The van der Waals surface area contributed by atoms with Crippen molar-refractivity contribution in [3.05, 3.63) is 51.7 Å². The van der Waals surface area contributed by atoms with E-state index in [0.717, 1.165) is 12.1 Å². The van der Waals surface area contributed by atoms with Crippen molar-refractivity contribution in [1.82, 2.24) is 4.98 Å². The van der Waals surface area contributed by atoms with Crippen LogP contribution in [0.5, 0.6) is 5.75 Å². The number of halogens is 1. The van der Waals surface area contributed by atoms with Gasteiger partial charge in [-0.3, -0.25) is 4.79 Å². The molecule has 0 atom stereocenters. The number of H-pyrrole nitrogens is 1. The van der Waals surface area contributed by atoms with Crippen molar-refractivity contribution in [1.29, 1.82) is 0 Å². The van der Waals surface area contributed by atoms with Gasteiger partial charge < -0.3 is 15.2 Å². The number of aromatic hydroxyl groups is 1. The maximum atomic E-state index is 12.8. The zero-order chi connectivity index (χ0) is 14.2. The summed E-state index contributed by atoms with van der Waals surface area (Å²) in [7, 11) is 0. The molecule has 1 aromatic heterocycles. The largest absolute Gasteiger partial charge is 0.506 e. The van der Waals surface area contributed by atoms with Crippen LogP contribution in [0, 0.1) is 12.7 Å². The summed E-state index contributed by atoms with van der Waals surface area (Å²) in [6, 6.07) is 4.82. The molecule has 19 heavy (non-hydrogen) atoms. The van der Waals surface area contributed by atoms with Gasteiger partial charge in [0.15, 0.2) is 0 Å². The highest BCUT2D eigenvalue weighted by Crippen LogP contribution is 2.30. The Hall–Kier alpha value is -2.63. The van der Waals surface area contributed by atoms with Crippen molar-refractivity contribution in [3.63, 3.8) is 0 Å². The number of aromatic amines is 1. The van der Waals surface area contributed by atoms with E-state index in [1.807, 2.05) is 0 Å². The molecule has 98 valence electrons. The molecule has 0 unspecified atom stereocenters. The topological polar surface area (TPSA) is 90.4 Å². The molecule has 0 saturated heterocycles. The normalized spacial score (nSPS) is 10.4. The van der Waals surface area contributed by atoms with Gasteiger partial charge in [0.05, 0.1) is 5.56 Å². The number of carboxylic acids is 1. The fourth-order valence-corrected chi connectivity index (χ4v) is 1.85. The smallest absolute Gasteiger partial charge is 0.341 e. The van der Waals surface area contributed by atoms with Crippen LogP contribution in [0.2, 0.25) is 0 Å². The lowest BCUT2D eigenvalue weighted by molar-refractivity contribution is 0.0692. The fourth-order valence-electron chi connectivity index (χ4n) is 1.85. The van der Waals surface area contributed by atoms with E-state index in [1.165, 1.54) is 19.1 Å². The molecule has 0 bridgehead atoms. The molecule has 3 N–H and O–H groups in total. The number of nitrogens with one attached hydrogen (secondary N) is 1. The lowest BCUT2D eigenvalue weighted by Crippen LogP contribution is -2.15. The molecule has 0 aliphatic heterocycles. The van der Waals surface area contributed by atoms with Crippen LogP contribution in [-0.4, -0.2) is 21.2 Å². The zero-order valence-electron chi connectivity index (χ0n) is 9.90. The van der Waals surface area contributed by atoms with E-state index in [9.17, 15) is 19.1 Å². The van der Waals surface area contributed by atoms with E-state index in [4.69, 9.17) is 5.11 Å². The Kier molecular flexibility index (Phi) is 3.08. The van der Waals surface area contributed by atoms with Gasteiger partial charge in [-0.2, -0.15) is 0 Å². The third-order valence-electron chi connectivity index (χ3n) is 2.72. The molecular formula is C13H10FNO4. The van der Waals surface area contributed by atoms with Crippen LogP contribution in [0.1, 0.15) is 16.1 Å². The molecule has 0 fully saturated rings. The number of aryl methyl sites for hydroxylation is 1. The fraction of sp³-hybridized carbons (Fsp3) is 0.0769. The number of pyridine rings is 1. The van der Waals surface area contributed by atoms with Crippen LogP contribution in [0.15, 0.2) is 29.1 Å². The van der Waals surface area contributed by atoms with Gasteiger partial charge >= 0.3 is 5.97 Å². The summed E-state index contributed by atoms with van der Waals surface area (Å²) in [5.41, 5.74) is -0.906. The molecular weight excluding hydrogens is 253 g/mol. The van der Waals surface area contributed by atoms with Crippen LogP contribution in [0.4, 0.5) is 4.39 Å². The Labute approximate surface area is 107 Å². The molecule has 1 heterocycles. The lowest BCUT2D eigenvalue weighted by atomic mass is 10.0. The summed E-state index contributed by atoms with van der Waals surface area (Å²) in [5.74, 6) is -2.47. The second-order valence-corrected chi connectivity index (χ2v) is 3.99. The number of hydrogen-bond acceptors (Lipinski definition) is 3. The highest BCUT2D eigenvalue weighted by molar-refractivity contribution is 5.94. The predicted molar refractivity (Wildman–Crippen MR) is 65.8 cm³/mol. The SMILES string of the molecule is Cc1[nH]c(=O)c(-c2ccc(F)cc2)c(O)c1C(=O)O. The summed E-state index contributed by atoms with van der Waals surface area (Å²) < 4.78 is 12.8. The first-order valence-electron chi connectivity index (χ1n) is 5.37. The summed E-state index contributed by atoms with van der Waals surface area (Å²) in [6.07, 6.45) is 0. The number of aromatic carboxylic acids is 1. The van der Waals surface area contributed by atoms with Crippen molar-refractivity contribution in [2.45, 2.75) is 6.92 Å². The van der Waals surface area contributed by atoms with Gasteiger partial charge in [-0.1, -0.05) is 12.1 Å². The van der Waals surface area contributed by atoms with Gasteiger partial charge in [-0.25, -0.2) is 9.18 Å². The predicted octanol–water partition coefficient (Wildman–Crippen LogP) is 1.89. The quantitative estimate of drug-likeness (QED) is 0.771. The number of carbonyl (C=O) groups is 1. The van der Waals surface area contributed by atoms with Crippen molar-refractivity contribution in [3.8, 4) is 16.9 Å². The number of carboxylic acid groups (broad SMARTS) is 1. The summed E-state index contributed by atoms with van der Waals surface area (Å²) in [4.78, 5) is 25.2. The van der Waals surface area contributed by atoms with Gasteiger partial charge in [0, 0.05) is 5.69 Å². The first-order valence-corrected chi connectivity index (χ1v) is 5.37. The molecule has 6 heteroatoms. The average molecular weight is 263 g/mol. The Morgan fingerprint density at radius 1 is 1.26 bits per heavy atom. The number of hydrogen-bond donors (Lipinski definition) is 3. The minimum absolute atomic E-state index is 0.0564. The van der Waals surface area contributed by atoms with Crippen molar-refractivity contribution < 1.29 is 19.4 Å². The van der Waals surface area contributed by atoms with E-state index in [1.54, 1.807) is 0 Å². The highest BCUT2D eigenvalue weighted by Gasteiger charge is 2.21. The number of aromatic nitrogens is 1. The average Bonchev–Trinajstić information content (AvgIpc) is 2.30. The molecule has 0 aliphatic rings. The maximum absolute atomic E-state index is 12.8. The van der Waals surface area contributed by atoms with E-state index in [0.29, 0.717) is 0 Å². The molecule has 2 aromatic rings. The van der Waals surface area contributed by atoms with Crippen molar-refractivity contribution in [2.75, 3.05) is 0 Å². The van der Waals surface area contributed by atoms with Gasteiger partial charge in [0.1, 0.15) is 17.1 Å². The highest BCUT2D eigenvalue weighted by atomic mass is 19.1. The minimum Gasteiger partial charge on any atom is -0.506 e. The molecule has 2 rings (SSSR count). The van der Waals surface area contributed by atoms with Gasteiger partial charge in [0.2, 0.25) is 0 Å². The first-order chi connectivity index (χ1) is 8.91. The third-order valence-corrected chi connectivity index (χ3v) is 2.72. The van der Waals surface area contributed by atoms with Crippen molar-refractivity contribution >= 4 is 5.97 Å². The zero-order valence-corrected chi connectivity index (χ0v) is 9.90. The summed E-state index contributed by atoms with van der Waals surface area (Å²) in [5, 5.41) is 19.0. The monoisotopic (exact) mass is 263 g/mol. The second kappa shape index (κ2) is 4.56. The van der Waals surface area contributed by atoms with Crippen LogP contribution in [0.25, 0.3) is 11.1 Å². The maximum Gasteiger partial charge on any atom is 0.341 e. The summed E-state index contributed by atoms with van der Waals surface area (Å²) in [6.45, 7) is 1.37. The third kappa shape index (κ3) is 2.20. The Morgan fingerprint density at radius 3 is 2.37 bits per heavy atom. The van der Waals surface area contributed by atoms with Gasteiger partial charge in [0.25, 0.3) is 5.56 Å². The molecule has 5 nitrogen and oxygen atoms in total. The van der Waals surface area contributed by atoms with Crippen LogP contribution >= 0.6 is 0 Å². The summed E-state index contributed by atoms with van der Waals surface area (Å²) >= 11 is 0. The molecule has 1 aromatic carbocycles. The standard InChI is InChI=1S/C13H10FNO4/c1-6-9(13(18)19)11(16)10(12(17)15-6)7-2-4-8(14)5-3-7/h2-5H,1H3,(H,18,19)(H2,15,16,17). The number of benzene rings is 1. The van der Waals surface area contributed by atoms with Crippen LogP contribution in [-0.2, 0) is 0 Å². The van der Waals surface area contributed by atoms with E-state index in [-0.39, 0.29) is 22.4 Å². The first kappa shape index (κ1) is 12.8. The molecule has 0 amide bonds. The molecule has 0 spiro atoms. The van der Waals surface area contributed by atoms with Gasteiger partial charge in [-0.15, -0.1) is 0 Å². The van der Waals surface area contributed by atoms with E-state index in [2.05, 4.69) is 4.98 Å². The lowest BCUT2D eigenvalue weighted by Gasteiger charge is -2.09. The second-order valence-electron chi connectivity index (χ2n) is 3.99. The van der Waals surface area contributed by atoms with Crippen LogP contribution in [0.3, 0.4) is 0 Å². The Balaban J connectivity index is 2.77. The molecule has 0 saturated carbocycles. The van der Waals surface area contributed by atoms with E-state index < -0.39 is 23.1 Å². The van der Waals surface area contributed by atoms with Gasteiger partial charge in [-0.05, 0) is 24.6 Å². The Bertz CT molecular complexity index is 704. The number of rotatable bonds is 2. The minimum atomic E-state index is -1.35. The molecule has 0 aliphatic carbocycles. The van der Waals surface area contributed by atoms with Crippen LogP contribution < -0.4 is 5.56 Å².